The fraction of sp³-hybridized carbons (Fsp3) is 0.789. The Morgan fingerprint density at radius 3 is 2.58 bits per heavy atom. The van der Waals surface area contributed by atoms with E-state index in [1.54, 1.807) is 0 Å². The quantitative estimate of drug-likeness (QED) is 0.834. The summed E-state index contributed by atoms with van der Waals surface area (Å²) in [6.45, 7) is 14.5. The van der Waals surface area contributed by atoms with E-state index in [-0.39, 0.29) is 5.91 Å². The highest BCUT2D eigenvalue weighted by Crippen LogP contribution is 2.19. The standard InChI is InChI=1S/C19H34N4O/c1-6-11-22(17-7-9-20-10-8-17)19(24)12-18-15(4)21-23(16(18)5)13-14(2)3/h14,17,20H,6-13H2,1-5H3. The Morgan fingerprint density at radius 2 is 2.00 bits per heavy atom. The lowest BCUT2D eigenvalue weighted by atomic mass is 10.0. The summed E-state index contributed by atoms with van der Waals surface area (Å²) in [5.74, 6) is 0.817. The molecule has 1 aromatic rings. The van der Waals surface area contributed by atoms with Gasteiger partial charge >= 0.3 is 0 Å². The van der Waals surface area contributed by atoms with Crippen LogP contribution in [0, 0.1) is 19.8 Å². The normalized spacial score (nSPS) is 15.9. The lowest BCUT2D eigenvalue weighted by molar-refractivity contribution is -0.133. The van der Waals surface area contributed by atoms with Gasteiger partial charge in [-0.3, -0.25) is 9.48 Å². The Morgan fingerprint density at radius 1 is 1.33 bits per heavy atom. The number of piperidine rings is 1. The molecule has 0 saturated carbocycles. The summed E-state index contributed by atoms with van der Waals surface area (Å²) in [7, 11) is 0. The maximum Gasteiger partial charge on any atom is 0.227 e. The molecule has 1 N–H and O–H groups in total. The van der Waals surface area contributed by atoms with E-state index in [1.165, 1.54) is 0 Å². The fourth-order valence-corrected chi connectivity index (χ4v) is 3.64. The minimum atomic E-state index is 0.263. The summed E-state index contributed by atoms with van der Waals surface area (Å²) in [5, 5.41) is 8.05. The highest BCUT2D eigenvalue weighted by molar-refractivity contribution is 5.79. The van der Waals surface area contributed by atoms with Crippen molar-refractivity contribution in [1.82, 2.24) is 20.0 Å². The molecule has 1 fully saturated rings. The van der Waals surface area contributed by atoms with Gasteiger partial charge in [0.25, 0.3) is 0 Å². The van der Waals surface area contributed by atoms with Crippen LogP contribution in [0.15, 0.2) is 0 Å². The summed E-state index contributed by atoms with van der Waals surface area (Å²) in [6.07, 6.45) is 3.63. The molecule has 0 atom stereocenters. The fourth-order valence-electron chi connectivity index (χ4n) is 3.64. The summed E-state index contributed by atoms with van der Waals surface area (Å²) in [5.41, 5.74) is 3.27. The van der Waals surface area contributed by atoms with Gasteiger partial charge in [-0.25, -0.2) is 0 Å². The van der Waals surface area contributed by atoms with Crippen LogP contribution < -0.4 is 5.32 Å². The molecular weight excluding hydrogens is 300 g/mol. The van der Waals surface area contributed by atoms with Crippen molar-refractivity contribution in [3.63, 3.8) is 0 Å². The monoisotopic (exact) mass is 334 g/mol. The van der Waals surface area contributed by atoms with Crippen molar-refractivity contribution in [2.45, 2.75) is 72.9 Å². The molecule has 5 nitrogen and oxygen atoms in total. The molecule has 1 saturated heterocycles. The van der Waals surface area contributed by atoms with Crippen LogP contribution in [0.25, 0.3) is 0 Å². The van der Waals surface area contributed by atoms with E-state index in [2.05, 4.69) is 47.7 Å². The highest BCUT2D eigenvalue weighted by atomic mass is 16.2. The molecule has 1 amide bonds. The van der Waals surface area contributed by atoms with E-state index in [9.17, 15) is 4.79 Å². The van der Waals surface area contributed by atoms with Crippen molar-refractivity contribution in [2.75, 3.05) is 19.6 Å². The van der Waals surface area contributed by atoms with Crippen molar-refractivity contribution in [2.24, 2.45) is 5.92 Å². The molecule has 0 radical (unpaired) electrons. The lowest BCUT2D eigenvalue weighted by Gasteiger charge is -2.34. The molecule has 1 aromatic heterocycles. The third-order valence-corrected chi connectivity index (χ3v) is 4.93. The summed E-state index contributed by atoms with van der Waals surface area (Å²) in [6, 6.07) is 0.394. The second-order valence-electron chi connectivity index (χ2n) is 7.47. The number of aromatic nitrogens is 2. The number of carbonyl (C=O) groups excluding carboxylic acids is 1. The predicted octanol–water partition coefficient (Wildman–Crippen LogP) is 2.69. The van der Waals surface area contributed by atoms with Crippen LogP contribution in [0.5, 0.6) is 0 Å². The summed E-state index contributed by atoms with van der Waals surface area (Å²) in [4.78, 5) is 15.1. The Bertz CT molecular complexity index is 544. The highest BCUT2D eigenvalue weighted by Gasteiger charge is 2.26. The number of hydrogen-bond donors (Lipinski definition) is 1. The maximum absolute atomic E-state index is 13.0. The summed E-state index contributed by atoms with van der Waals surface area (Å²) < 4.78 is 2.07. The van der Waals surface area contributed by atoms with Crippen LogP contribution in [0.1, 0.15) is 57.0 Å². The molecule has 0 aromatic carbocycles. The SMILES string of the molecule is CCCN(C(=O)Cc1c(C)nn(CC(C)C)c1C)C1CCNCC1. The van der Waals surface area contributed by atoms with Crippen LogP contribution >= 0.6 is 0 Å². The zero-order chi connectivity index (χ0) is 17.7. The number of aryl methyl sites for hydroxylation is 1. The van der Waals surface area contributed by atoms with Gasteiger partial charge in [-0.2, -0.15) is 5.10 Å². The molecule has 5 heteroatoms. The lowest BCUT2D eigenvalue weighted by Crippen LogP contribution is -2.47. The van der Waals surface area contributed by atoms with Crippen LogP contribution in [0.3, 0.4) is 0 Å². The molecule has 2 heterocycles. The van der Waals surface area contributed by atoms with Gasteiger partial charge in [0.15, 0.2) is 0 Å². The van der Waals surface area contributed by atoms with Crippen molar-refractivity contribution >= 4 is 5.91 Å². The summed E-state index contributed by atoms with van der Waals surface area (Å²) >= 11 is 0. The number of hydrogen-bond acceptors (Lipinski definition) is 3. The largest absolute Gasteiger partial charge is 0.339 e. The zero-order valence-corrected chi connectivity index (χ0v) is 16.1. The van der Waals surface area contributed by atoms with E-state index in [1.807, 2.05) is 6.92 Å². The van der Waals surface area contributed by atoms with Crippen molar-refractivity contribution in [1.29, 1.82) is 0 Å². The maximum atomic E-state index is 13.0. The average Bonchev–Trinajstić information content (AvgIpc) is 2.80. The topological polar surface area (TPSA) is 50.2 Å². The van der Waals surface area contributed by atoms with Crippen LogP contribution in [-0.4, -0.2) is 46.3 Å². The second-order valence-corrected chi connectivity index (χ2v) is 7.47. The van der Waals surface area contributed by atoms with E-state index in [0.29, 0.717) is 18.4 Å². The molecule has 24 heavy (non-hydrogen) atoms. The van der Waals surface area contributed by atoms with E-state index >= 15 is 0 Å². The van der Waals surface area contributed by atoms with Crippen LogP contribution in [0.2, 0.25) is 0 Å². The molecule has 2 rings (SSSR count). The van der Waals surface area contributed by atoms with Crippen LogP contribution in [0.4, 0.5) is 0 Å². The second kappa shape index (κ2) is 8.65. The Kier molecular flexibility index (Phi) is 6.84. The van der Waals surface area contributed by atoms with Gasteiger partial charge in [0.2, 0.25) is 5.91 Å². The number of amides is 1. The molecular formula is C19H34N4O. The van der Waals surface area contributed by atoms with Gasteiger partial charge in [0.1, 0.15) is 0 Å². The van der Waals surface area contributed by atoms with Gasteiger partial charge in [-0.15, -0.1) is 0 Å². The number of rotatable bonds is 7. The van der Waals surface area contributed by atoms with E-state index < -0.39 is 0 Å². The van der Waals surface area contributed by atoms with Crippen LogP contribution in [-0.2, 0) is 17.8 Å². The van der Waals surface area contributed by atoms with Gasteiger partial charge in [0.05, 0.1) is 12.1 Å². The Hall–Kier alpha value is -1.36. The number of carbonyl (C=O) groups is 1. The van der Waals surface area contributed by atoms with Gasteiger partial charge in [-0.05, 0) is 52.1 Å². The average molecular weight is 335 g/mol. The minimum absolute atomic E-state index is 0.263. The third kappa shape index (κ3) is 4.59. The number of nitrogens with zero attached hydrogens (tertiary/aromatic N) is 3. The molecule has 0 aliphatic carbocycles. The Balaban J connectivity index is 2.12. The number of nitrogens with one attached hydrogen (secondary N) is 1. The molecule has 136 valence electrons. The van der Waals surface area contributed by atoms with Gasteiger partial charge < -0.3 is 10.2 Å². The van der Waals surface area contributed by atoms with Crippen molar-refractivity contribution in [3.8, 4) is 0 Å². The Labute approximate surface area is 146 Å². The van der Waals surface area contributed by atoms with Crippen molar-refractivity contribution < 1.29 is 4.79 Å². The molecule has 1 aliphatic heterocycles. The zero-order valence-electron chi connectivity index (χ0n) is 16.1. The van der Waals surface area contributed by atoms with E-state index in [0.717, 1.165) is 62.4 Å². The molecule has 0 spiro atoms. The first kappa shape index (κ1) is 19.0. The molecule has 0 unspecified atom stereocenters. The molecule has 1 aliphatic rings. The van der Waals surface area contributed by atoms with E-state index in [4.69, 9.17) is 0 Å². The smallest absolute Gasteiger partial charge is 0.227 e. The first-order valence-corrected chi connectivity index (χ1v) is 9.47. The first-order valence-electron chi connectivity index (χ1n) is 9.47. The van der Waals surface area contributed by atoms with Gasteiger partial charge in [-0.1, -0.05) is 20.8 Å². The minimum Gasteiger partial charge on any atom is -0.339 e. The predicted molar refractivity (Wildman–Crippen MR) is 98.1 cm³/mol. The van der Waals surface area contributed by atoms with Gasteiger partial charge in [0, 0.05) is 30.4 Å². The molecule has 0 bridgehead atoms. The third-order valence-electron chi connectivity index (χ3n) is 4.93. The first-order chi connectivity index (χ1) is 11.4. The van der Waals surface area contributed by atoms with Crippen molar-refractivity contribution in [3.05, 3.63) is 17.0 Å².